The van der Waals surface area contributed by atoms with Crippen molar-refractivity contribution in [1.29, 1.82) is 5.26 Å². The number of amides is 1. The molecular formula is C27H26BrN3O2S. The van der Waals surface area contributed by atoms with Gasteiger partial charge in [-0.2, -0.15) is 5.26 Å². The Hall–Kier alpha value is -3.21. The highest BCUT2D eigenvalue weighted by Gasteiger charge is 2.18. The first-order valence-corrected chi connectivity index (χ1v) is 12.2. The third kappa shape index (κ3) is 7.98. The number of halogens is 1. The molecule has 0 bridgehead atoms. The minimum absolute atomic E-state index is 0.298. The van der Waals surface area contributed by atoms with E-state index < -0.39 is 0 Å². The maximum absolute atomic E-state index is 13.1. The zero-order valence-corrected chi connectivity index (χ0v) is 21.1. The van der Waals surface area contributed by atoms with E-state index in [9.17, 15) is 4.79 Å². The Balaban J connectivity index is 1.65. The fourth-order valence-corrected chi connectivity index (χ4v) is 4.02. The second kappa shape index (κ2) is 13.5. The van der Waals surface area contributed by atoms with Gasteiger partial charge < -0.3 is 9.64 Å². The molecule has 1 N–H and O–H groups in total. The summed E-state index contributed by atoms with van der Waals surface area (Å²) in [5, 5.41) is 12.2. The van der Waals surface area contributed by atoms with E-state index in [0.29, 0.717) is 42.5 Å². The number of thiocarbonyl (C=S) groups is 1. The summed E-state index contributed by atoms with van der Waals surface area (Å²) in [6.45, 7) is 1.49. The number of hydrogen-bond donors (Lipinski definition) is 1. The smallest absolute Gasteiger partial charge is 0.261 e. The summed E-state index contributed by atoms with van der Waals surface area (Å²) in [7, 11) is 0. The normalized spacial score (nSPS) is 10.2. The van der Waals surface area contributed by atoms with Gasteiger partial charge >= 0.3 is 0 Å². The van der Waals surface area contributed by atoms with E-state index in [1.165, 1.54) is 11.1 Å². The number of nitriles is 1. The Morgan fingerprint density at radius 2 is 1.62 bits per heavy atom. The lowest BCUT2D eigenvalue weighted by atomic mass is 10.1. The van der Waals surface area contributed by atoms with Gasteiger partial charge in [-0.25, -0.2) is 0 Å². The van der Waals surface area contributed by atoms with Gasteiger partial charge in [-0.3, -0.25) is 10.1 Å². The van der Waals surface area contributed by atoms with E-state index in [1.54, 1.807) is 12.1 Å². The molecular weight excluding hydrogens is 510 g/mol. The highest BCUT2D eigenvalue weighted by Crippen LogP contribution is 2.23. The minimum Gasteiger partial charge on any atom is -0.492 e. The number of carbonyl (C=O) groups excluding carboxylic acids is 1. The van der Waals surface area contributed by atoms with Crippen molar-refractivity contribution in [3.8, 4) is 11.8 Å². The van der Waals surface area contributed by atoms with Crippen LogP contribution in [0.3, 0.4) is 0 Å². The zero-order chi connectivity index (χ0) is 24.2. The molecule has 3 rings (SSSR count). The van der Waals surface area contributed by atoms with Crippen LogP contribution in [0.15, 0.2) is 83.3 Å². The second-order valence-corrected chi connectivity index (χ2v) is 8.92. The van der Waals surface area contributed by atoms with E-state index in [4.69, 9.17) is 22.2 Å². The standard InChI is InChI=1S/C27H26BrN3O2S/c28-23-12-13-25(33-19-15-22-10-5-2-6-11-22)24(20-23)26(32)30-27(34)31(17-7-16-29)18-14-21-8-3-1-4-9-21/h1-6,8-13,20H,7,14-15,17-19H2,(H,30,32,34). The summed E-state index contributed by atoms with van der Waals surface area (Å²) in [5.74, 6) is 0.148. The Kier molecular flexibility index (Phi) is 10.1. The van der Waals surface area contributed by atoms with Gasteiger partial charge in [-0.1, -0.05) is 76.6 Å². The van der Waals surface area contributed by atoms with Crippen molar-refractivity contribution in [1.82, 2.24) is 10.2 Å². The molecule has 0 fully saturated rings. The van der Waals surface area contributed by atoms with Crippen molar-refractivity contribution in [2.75, 3.05) is 19.7 Å². The minimum atomic E-state index is -0.345. The monoisotopic (exact) mass is 535 g/mol. The molecule has 0 aromatic heterocycles. The van der Waals surface area contributed by atoms with E-state index in [0.717, 1.165) is 17.3 Å². The van der Waals surface area contributed by atoms with Gasteiger partial charge in [-0.05, 0) is 48.0 Å². The lowest BCUT2D eigenvalue weighted by Gasteiger charge is -2.25. The highest BCUT2D eigenvalue weighted by atomic mass is 79.9. The molecule has 7 heteroatoms. The Morgan fingerprint density at radius 1 is 0.971 bits per heavy atom. The molecule has 0 unspecified atom stereocenters. The first kappa shape index (κ1) is 25.4. The maximum Gasteiger partial charge on any atom is 0.261 e. The van der Waals surface area contributed by atoms with E-state index in [-0.39, 0.29) is 5.91 Å². The summed E-state index contributed by atoms with van der Waals surface area (Å²) < 4.78 is 6.72. The van der Waals surface area contributed by atoms with Crippen LogP contribution in [-0.2, 0) is 12.8 Å². The first-order chi connectivity index (χ1) is 16.6. The van der Waals surface area contributed by atoms with Crippen molar-refractivity contribution < 1.29 is 9.53 Å². The number of hydrogen-bond acceptors (Lipinski definition) is 4. The van der Waals surface area contributed by atoms with Gasteiger partial charge in [-0.15, -0.1) is 0 Å². The number of benzene rings is 3. The van der Waals surface area contributed by atoms with Crippen molar-refractivity contribution >= 4 is 39.2 Å². The summed E-state index contributed by atoms with van der Waals surface area (Å²) >= 11 is 8.97. The van der Waals surface area contributed by atoms with Crippen LogP contribution in [0.1, 0.15) is 27.9 Å². The lowest BCUT2D eigenvalue weighted by Crippen LogP contribution is -2.44. The fourth-order valence-electron chi connectivity index (χ4n) is 3.38. The van der Waals surface area contributed by atoms with E-state index in [1.807, 2.05) is 71.6 Å². The van der Waals surface area contributed by atoms with Crippen molar-refractivity contribution in [3.05, 3.63) is 100 Å². The van der Waals surface area contributed by atoms with Crippen LogP contribution in [0.4, 0.5) is 0 Å². The Bertz CT molecular complexity index is 1130. The molecule has 34 heavy (non-hydrogen) atoms. The van der Waals surface area contributed by atoms with Crippen LogP contribution >= 0.6 is 28.1 Å². The number of ether oxygens (including phenoxy) is 1. The van der Waals surface area contributed by atoms with Crippen LogP contribution in [0, 0.1) is 11.3 Å². The number of carbonyl (C=O) groups is 1. The average Bonchev–Trinajstić information content (AvgIpc) is 2.86. The fraction of sp³-hybridized carbons (Fsp3) is 0.222. The van der Waals surface area contributed by atoms with Crippen molar-refractivity contribution in [2.24, 2.45) is 0 Å². The van der Waals surface area contributed by atoms with Crippen molar-refractivity contribution in [3.63, 3.8) is 0 Å². The van der Waals surface area contributed by atoms with Gasteiger partial charge in [0.1, 0.15) is 5.75 Å². The second-order valence-electron chi connectivity index (χ2n) is 7.61. The molecule has 0 spiro atoms. The third-order valence-corrected chi connectivity index (χ3v) is 6.05. The van der Waals surface area contributed by atoms with Gasteiger partial charge in [0.05, 0.1) is 24.7 Å². The van der Waals surface area contributed by atoms with Crippen LogP contribution in [0.25, 0.3) is 0 Å². The average molecular weight is 536 g/mol. The topological polar surface area (TPSA) is 65.4 Å². The summed E-state index contributed by atoms with van der Waals surface area (Å²) in [4.78, 5) is 15.0. The molecule has 0 atom stereocenters. The lowest BCUT2D eigenvalue weighted by molar-refractivity contribution is 0.0969. The number of rotatable bonds is 10. The Morgan fingerprint density at radius 3 is 2.26 bits per heavy atom. The molecule has 1 amide bonds. The molecule has 0 aliphatic carbocycles. The van der Waals surface area contributed by atoms with Gasteiger partial charge in [0.15, 0.2) is 5.11 Å². The SMILES string of the molecule is N#CCCN(CCc1ccccc1)C(=S)NC(=O)c1cc(Br)ccc1OCCc1ccccc1. The predicted molar refractivity (Wildman–Crippen MR) is 142 cm³/mol. The highest BCUT2D eigenvalue weighted by molar-refractivity contribution is 9.10. The number of nitrogens with zero attached hydrogens (tertiary/aromatic N) is 2. The molecule has 0 aliphatic rings. The molecule has 0 aliphatic heterocycles. The maximum atomic E-state index is 13.1. The largest absolute Gasteiger partial charge is 0.492 e. The molecule has 174 valence electrons. The molecule has 3 aromatic rings. The van der Waals surface area contributed by atoms with Gasteiger partial charge in [0, 0.05) is 24.0 Å². The van der Waals surface area contributed by atoms with Crippen LogP contribution < -0.4 is 10.1 Å². The van der Waals surface area contributed by atoms with Gasteiger partial charge in [0.2, 0.25) is 0 Å². The molecule has 0 saturated carbocycles. The molecule has 0 radical (unpaired) electrons. The van der Waals surface area contributed by atoms with E-state index >= 15 is 0 Å². The van der Waals surface area contributed by atoms with Crippen LogP contribution in [-0.4, -0.2) is 35.6 Å². The summed E-state index contributed by atoms with van der Waals surface area (Å²) in [6.07, 6.45) is 1.81. The predicted octanol–water partition coefficient (Wildman–Crippen LogP) is 5.54. The summed E-state index contributed by atoms with van der Waals surface area (Å²) in [6, 6.07) is 27.6. The molecule has 0 saturated heterocycles. The third-order valence-electron chi connectivity index (χ3n) is 5.19. The Labute approximate surface area is 214 Å². The van der Waals surface area contributed by atoms with Gasteiger partial charge in [0.25, 0.3) is 5.91 Å². The molecule has 0 heterocycles. The number of nitrogens with one attached hydrogen (secondary N) is 1. The zero-order valence-electron chi connectivity index (χ0n) is 18.7. The molecule has 3 aromatic carbocycles. The van der Waals surface area contributed by atoms with Crippen molar-refractivity contribution in [2.45, 2.75) is 19.3 Å². The van der Waals surface area contributed by atoms with Crippen LogP contribution in [0.5, 0.6) is 5.75 Å². The first-order valence-electron chi connectivity index (χ1n) is 11.0. The quantitative estimate of drug-likeness (QED) is 0.345. The van der Waals surface area contributed by atoms with Crippen LogP contribution in [0.2, 0.25) is 0 Å². The van der Waals surface area contributed by atoms with E-state index in [2.05, 4.69) is 27.3 Å². The molecule has 5 nitrogen and oxygen atoms in total. The summed E-state index contributed by atoms with van der Waals surface area (Å²) in [5.41, 5.74) is 2.73.